The highest BCUT2D eigenvalue weighted by Crippen LogP contribution is 2.18. The molecule has 5 nitrogen and oxygen atoms in total. The Labute approximate surface area is 113 Å². The first kappa shape index (κ1) is 15.4. The molecule has 19 heavy (non-hydrogen) atoms. The van der Waals surface area contributed by atoms with Crippen LogP contribution >= 0.6 is 0 Å². The molecule has 1 heterocycles. The van der Waals surface area contributed by atoms with Crippen LogP contribution in [0.3, 0.4) is 0 Å². The first-order chi connectivity index (χ1) is 8.92. The summed E-state index contributed by atoms with van der Waals surface area (Å²) in [7, 11) is 1.60. The Morgan fingerprint density at radius 2 is 2.00 bits per heavy atom. The predicted molar refractivity (Wildman–Crippen MR) is 73.7 cm³/mol. The predicted octanol–water partition coefficient (Wildman–Crippen LogP) is 1.99. The van der Waals surface area contributed by atoms with Crippen LogP contribution in [0.4, 0.5) is 0 Å². The summed E-state index contributed by atoms with van der Waals surface area (Å²) < 4.78 is 5.05. The molecule has 0 bridgehead atoms. The smallest absolute Gasteiger partial charge is 0.268 e. The maximum absolute atomic E-state index is 12.2. The maximum atomic E-state index is 12.2. The van der Waals surface area contributed by atoms with Crippen LogP contribution < -0.4 is 5.32 Å². The molecule has 0 aliphatic heterocycles. The molecule has 106 valence electrons. The number of ether oxygens (including phenoxy) is 1. The van der Waals surface area contributed by atoms with Gasteiger partial charge in [0.15, 0.2) is 5.78 Å². The van der Waals surface area contributed by atoms with E-state index in [-0.39, 0.29) is 17.7 Å². The van der Waals surface area contributed by atoms with Crippen LogP contribution in [-0.2, 0) is 4.74 Å². The van der Waals surface area contributed by atoms with E-state index in [0.29, 0.717) is 23.4 Å². The number of aromatic amines is 1. The number of carbonyl (C=O) groups is 2. The highest BCUT2D eigenvalue weighted by Gasteiger charge is 2.21. The molecule has 1 amide bonds. The Kier molecular flexibility index (Phi) is 5.30. The molecule has 1 atom stereocenters. The summed E-state index contributed by atoms with van der Waals surface area (Å²) in [6.45, 7) is 7.54. The molecule has 0 unspecified atom stereocenters. The Bertz CT molecular complexity index is 477. The van der Waals surface area contributed by atoms with E-state index in [2.05, 4.69) is 10.3 Å². The summed E-state index contributed by atoms with van der Waals surface area (Å²) in [5, 5.41) is 2.90. The van der Waals surface area contributed by atoms with E-state index in [4.69, 9.17) is 4.74 Å². The zero-order valence-corrected chi connectivity index (χ0v) is 12.2. The second-order valence-electron chi connectivity index (χ2n) is 4.72. The number of hydrogen-bond acceptors (Lipinski definition) is 3. The van der Waals surface area contributed by atoms with Gasteiger partial charge in [0.2, 0.25) is 0 Å². The largest absolute Gasteiger partial charge is 0.383 e. The fourth-order valence-electron chi connectivity index (χ4n) is 2.23. The fourth-order valence-corrected chi connectivity index (χ4v) is 2.23. The van der Waals surface area contributed by atoms with Gasteiger partial charge in [-0.25, -0.2) is 0 Å². The van der Waals surface area contributed by atoms with E-state index in [1.807, 2.05) is 6.92 Å². The summed E-state index contributed by atoms with van der Waals surface area (Å²) in [6.07, 6.45) is 0.790. The maximum Gasteiger partial charge on any atom is 0.268 e. The van der Waals surface area contributed by atoms with Crippen LogP contribution in [0, 0.1) is 13.8 Å². The average molecular weight is 266 g/mol. The SMILES string of the molecule is CC[C@H](COC)NC(=O)c1[nH]c(C)c(C(C)=O)c1C. The molecule has 0 aliphatic rings. The quantitative estimate of drug-likeness (QED) is 0.773. The lowest BCUT2D eigenvalue weighted by Gasteiger charge is -2.15. The molecular formula is C14H22N2O3. The summed E-state index contributed by atoms with van der Waals surface area (Å²) >= 11 is 0. The third-order valence-corrected chi connectivity index (χ3v) is 3.21. The van der Waals surface area contributed by atoms with Crippen LogP contribution in [0.25, 0.3) is 0 Å². The van der Waals surface area contributed by atoms with Crippen molar-refractivity contribution in [2.45, 2.75) is 40.2 Å². The van der Waals surface area contributed by atoms with Crippen molar-refractivity contribution in [1.29, 1.82) is 0 Å². The van der Waals surface area contributed by atoms with E-state index in [1.165, 1.54) is 6.92 Å². The zero-order chi connectivity index (χ0) is 14.6. The van der Waals surface area contributed by atoms with Crippen molar-refractivity contribution >= 4 is 11.7 Å². The van der Waals surface area contributed by atoms with Crippen molar-refractivity contribution in [3.63, 3.8) is 0 Å². The standard InChI is InChI=1S/C14H22N2O3/c1-6-11(7-19-5)16-14(18)13-8(2)12(10(4)17)9(3)15-13/h11,15H,6-7H2,1-5H3,(H,16,18)/t11-/m1/s1. The molecule has 0 saturated carbocycles. The molecule has 2 N–H and O–H groups in total. The second-order valence-corrected chi connectivity index (χ2v) is 4.72. The summed E-state index contributed by atoms with van der Waals surface area (Å²) in [5.74, 6) is -0.230. The van der Waals surface area contributed by atoms with Crippen LogP contribution in [0.5, 0.6) is 0 Å². The second kappa shape index (κ2) is 6.52. The van der Waals surface area contributed by atoms with Crippen molar-refractivity contribution < 1.29 is 14.3 Å². The number of amides is 1. The van der Waals surface area contributed by atoms with Gasteiger partial charge in [-0.3, -0.25) is 9.59 Å². The van der Waals surface area contributed by atoms with Crippen LogP contribution in [0.2, 0.25) is 0 Å². The lowest BCUT2D eigenvalue weighted by molar-refractivity contribution is 0.0889. The monoisotopic (exact) mass is 266 g/mol. The molecule has 0 radical (unpaired) electrons. The number of H-pyrrole nitrogens is 1. The molecule has 1 aromatic rings. The number of methoxy groups -OCH3 is 1. The Hall–Kier alpha value is -1.62. The van der Waals surface area contributed by atoms with Crippen molar-refractivity contribution in [3.05, 3.63) is 22.5 Å². The molecule has 5 heteroatoms. The molecule has 0 fully saturated rings. The minimum absolute atomic E-state index is 0.0266. The molecule has 1 aromatic heterocycles. The summed E-state index contributed by atoms with van der Waals surface area (Å²) in [4.78, 5) is 26.7. The molecule has 1 rings (SSSR count). The highest BCUT2D eigenvalue weighted by atomic mass is 16.5. The molecule has 0 saturated heterocycles. The van der Waals surface area contributed by atoms with Crippen molar-refractivity contribution in [2.24, 2.45) is 0 Å². The van der Waals surface area contributed by atoms with Crippen molar-refractivity contribution in [2.75, 3.05) is 13.7 Å². The van der Waals surface area contributed by atoms with E-state index in [1.54, 1.807) is 21.0 Å². The van der Waals surface area contributed by atoms with Crippen LogP contribution in [0.15, 0.2) is 0 Å². The van der Waals surface area contributed by atoms with Gasteiger partial charge < -0.3 is 15.0 Å². The molecule has 0 aromatic carbocycles. The van der Waals surface area contributed by atoms with Crippen LogP contribution in [-0.4, -0.2) is 36.4 Å². The van der Waals surface area contributed by atoms with Crippen molar-refractivity contribution in [1.82, 2.24) is 10.3 Å². The normalized spacial score (nSPS) is 12.3. The van der Waals surface area contributed by atoms with Gasteiger partial charge in [0.05, 0.1) is 12.6 Å². The number of Topliss-reactive ketones (excluding diaryl/α,β-unsaturated/α-hetero) is 1. The van der Waals surface area contributed by atoms with Gasteiger partial charge >= 0.3 is 0 Å². The van der Waals surface area contributed by atoms with Gasteiger partial charge in [0, 0.05) is 18.4 Å². The van der Waals surface area contributed by atoms with E-state index in [9.17, 15) is 9.59 Å². The van der Waals surface area contributed by atoms with Crippen molar-refractivity contribution in [3.8, 4) is 0 Å². The Morgan fingerprint density at radius 1 is 1.37 bits per heavy atom. The number of rotatable bonds is 6. The minimum atomic E-state index is -0.197. The Balaban J connectivity index is 2.95. The van der Waals surface area contributed by atoms with Gasteiger partial charge in [0.1, 0.15) is 5.69 Å². The number of aryl methyl sites for hydroxylation is 1. The number of aromatic nitrogens is 1. The first-order valence-corrected chi connectivity index (χ1v) is 6.42. The highest BCUT2D eigenvalue weighted by molar-refractivity contribution is 6.02. The van der Waals surface area contributed by atoms with Gasteiger partial charge in [-0.05, 0) is 32.8 Å². The number of nitrogens with one attached hydrogen (secondary N) is 2. The van der Waals surface area contributed by atoms with Crippen LogP contribution in [0.1, 0.15) is 52.4 Å². The average Bonchev–Trinajstić information content (AvgIpc) is 2.64. The molecule has 0 aliphatic carbocycles. The zero-order valence-electron chi connectivity index (χ0n) is 12.2. The topological polar surface area (TPSA) is 71.2 Å². The van der Waals surface area contributed by atoms with Gasteiger partial charge in [-0.15, -0.1) is 0 Å². The number of carbonyl (C=O) groups excluding carboxylic acids is 2. The molecular weight excluding hydrogens is 244 g/mol. The van der Waals surface area contributed by atoms with E-state index in [0.717, 1.165) is 12.1 Å². The van der Waals surface area contributed by atoms with E-state index < -0.39 is 0 Å². The van der Waals surface area contributed by atoms with Gasteiger partial charge in [0.25, 0.3) is 5.91 Å². The lowest BCUT2D eigenvalue weighted by Crippen LogP contribution is -2.38. The third-order valence-electron chi connectivity index (χ3n) is 3.21. The molecule has 0 spiro atoms. The lowest BCUT2D eigenvalue weighted by atomic mass is 10.1. The third kappa shape index (κ3) is 3.44. The minimum Gasteiger partial charge on any atom is -0.383 e. The van der Waals surface area contributed by atoms with Gasteiger partial charge in [-0.1, -0.05) is 6.92 Å². The summed E-state index contributed by atoms with van der Waals surface area (Å²) in [5.41, 5.74) is 2.49. The van der Waals surface area contributed by atoms with Gasteiger partial charge in [-0.2, -0.15) is 0 Å². The number of ketones is 1. The Morgan fingerprint density at radius 3 is 2.42 bits per heavy atom. The van der Waals surface area contributed by atoms with E-state index >= 15 is 0 Å². The fraction of sp³-hybridized carbons (Fsp3) is 0.571. The number of hydrogen-bond donors (Lipinski definition) is 2. The summed E-state index contributed by atoms with van der Waals surface area (Å²) in [6, 6.07) is -0.0266. The first-order valence-electron chi connectivity index (χ1n) is 6.42.